The van der Waals surface area contributed by atoms with E-state index < -0.39 is 0 Å². The zero-order valence-corrected chi connectivity index (χ0v) is 9.08. The second-order valence-electron chi connectivity index (χ2n) is 3.28. The molecule has 0 saturated heterocycles. The van der Waals surface area contributed by atoms with Gasteiger partial charge in [-0.15, -0.1) is 5.10 Å². The molecule has 1 heterocycles. The quantitative estimate of drug-likeness (QED) is 0.498. The number of carbonyl (C=O) groups excluding carboxylic acids is 1. The summed E-state index contributed by atoms with van der Waals surface area (Å²) in [5, 5.41) is 13.6. The molecule has 0 bridgehead atoms. The van der Waals surface area contributed by atoms with Gasteiger partial charge in [0, 0.05) is 11.3 Å². The number of hydrogen-bond acceptors (Lipinski definition) is 6. The van der Waals surface area contributed by atoms with Crippen molar-refractivity contribution in [1.82, 2.24) is 20.2 Å². The number of nitrogen functional groups attached to an aromatic ring is 1. The highest BCUT2D eigenvalue weighted by Gasteiger charge is 2.08. The molecule has 1 aromatic carbocycles. The van der Waals surface area contributed by atoms with E-state index in [1.807, 2.05) is 0 Å². The normalized spacial score (nSPS) is 10.0. The number of aryl methyl sites for hydroxylation is 1. The molecule has 0 fully saturated rings. The first-order chi connectivity index (χ1) is 8.19. The molecule has 2 rings (SSSR count). The molecule has 1 aromatic heterocycles. The van der Waals surface area contributed by atoms with Gasteiger partial charge in [0.25, 0.3) is 11.9 Å². The Balaban J connectivity index is 2.09. The molecular formula is C9H11N7O. The van der Waals surface area contributed by atoms with E-state index in [4.69, 9.17) is 5.84 Å². The average Bonchev–Trinajstić information content (AvgIpc) is 2.75. The van der Waals surface area contributed by atoms with Gasteiger partial charge in [-0.05, 0) is 29.5 Å². The number of hydrazine groups is 1. The third-order valence-corrected chi connectivity index (χ3v) is 2.05. The Morgan fingerprint density at radius 1 is 1.35 bits per heavy atom. The fourth-order valence-electron chi connectivity index (χ4n) is 1.23. The second-order valence-corrected chi connectivity index (χ2v) is 3.28. The lowest BCUT2D eigenvalue weighted by Crippen LogP contribution is -2.13. The number of nitrogens with one attached hydrogen (secondary N) is 2. The predicted molar refractivity (Wildman–Crippen MR) is 61.0 cm³/mol. The van der Waals surface area contributed by atoms with Gasteiger partial charge >= 0.3 is 0 Å². The molecular weight excluding hydrogens is 222 g/mol. The van der Waals surface area contributed by atoms with Gasteiger partial charge in [-0.25, -0.2) is 0 Å². The summed E-state index contributed by atoms with van der Waals surface area (Å²) < 4.78 is 0. The van der Waals surface area contributed by atoms with Crippen LogP contribution in [0, 0.1) is 0 Å². The Kier molecular flexibility index (Phi) is 2.97. The molecule has 0 saturated carbocycles. The first kappa shape index (κ1) is 11.0. The minimum atomic E-state index is -0.304. The third-order valence-electron chi connectivity index (χ3n) is 2.05. The fourth-order valence-corrected chi connectivity index (χ4v) is 1.23. The molecule has 0 spiro atoms. The van der Waals surface area contributed by atoms with Crippen LogP contribution in [0.1, 0.15) is 10.4 Å². The molecule has 0 radical (unpaired) electrons. The maximum absolute atomic E-state index is 11.7. The van der Waals surface area contributed by atoms with E-state index in [1.165, 1.54) is 4.80 Å². The van der Waals surface area contributed by atoms with Gasteiger partial charge in [0.15, 0.2) is 0 Å². The highest BCUT2D eigenvalue weighted by atomic mass is 16.1. The Bertz CT molecular complexity index is 518. The van der Waals surface area contributed by atoms with Crippen LogP contribution >= 0.6 is 0 Å². The number of nitrogens with zero attached hydrogens (tertiary/aromatic N) is 4. The van der Waals surface area contributed by atoms with Crippen molar-refractivity contribution in [2.45, 2.75) is 0 Å². The molecule has 0 aliphatic rings. The lowest BCUT2D eigenvalue weighted by Gasteiger charge is -2.02. The molecule has 0 aliphatic carbocycles. The molecule has 8 heteroatoms. The van der Waals surface area contributed by atoms with Crippen LogP contribution in [-0.2, 0) is 7.05 Å². The first-order valence-corrected chi connectivity index (χ1v) is 4.81. The number of anilines is 2. The zero-order valence-electron chi connectivity index (χ0n) is 9.08. The lowest BCUT2D eigenvalue weighted by molar-refractivity contribution is 0.102. The summed E-state index contributed by atoms with van der Waals surface area (Å²) in [6.45, 7) is 0. The van der Waals surface area contributed by atoms with Gasteiger partial charge in [-0.1, -0.05) is 5.10 Å². The van der Waals surface area contributed by atoms with E-state index in [-0.39, 0.29) is 11.9 Å². The zero-order chi connectivity index (χ0) is 12.3. The summed E-state index contributed by atoms with van der Waals surface area (Å²) in [5.74, 6) is 5.08. The van der Waals surface area contributed by atoms with Crippen LogP contribution in [0.25, 0.3) is 0 Å². The Morgan fingerprint density at radius 2 is 2.06 bits per heavy atom. The van der Waals surface area contributed by atoms with Crippen LogP contribution in [-0.4, -0.2) is 26.1 Å². The van der Waals surface area contributed by atoms with Gasteiger partial charge in [0.2, 0.25) is 0 Å². The number of rotatable bonds is 3. The molecule has 0 unspecified atom stereocenters. The molecule has 0 atom stereocenters. The summed E-state index contributed by atoms with van der Waals surface area (Å²) in [4.78, 5) is 13.0. The van der Waals surface area contributed by atoms with Gasteiger partial charge in [-0.2, -0.15) is 4.80 Å². The van der Waals surface area contributed by atoms with Crippen molar-refractivity contribution in [3.05, 3.63) is 29.8 Å². The maximum Gasteiger partial charge on any atom is 0.270 e. The van der Waals surface area contributed by atoms with E-state index >= 15 is 0 Å². The number of carbonyl (C=O) groups is 1. The number of tetrazole rings is 1. The average molecular weight is 233 g/mol. The van der Waals surface area contributed by atoms with Crippen molar-refractivity contribution in [2.24, 2.45) is 12.9 Å². The van der Waals surface area contributed by atoms with Crippen LogP contribution in [0.4, 0.5) is 11.6 Å². The highest BCUT2D eigenvalue weighted by Crippen LogP contribution is 2.09. The van der Waals surface area contributed by atoms with Crippen molar-refractivity contribution in [2.75, 3.05) is 10.7 Å². The van der Waals surface area contributed by atoms with Crippen LogP contribution in [0.2, 0.25) is 0 Å². The number of benzene rings is 1. The molecule has 2 aromatic rings. The standard InChI is InChI=1S/C9H11N7O/c1-16-14-9(13-15-16)11-8(17)6-2-4-7(12-10)5-3-6/h2-5,12H,10H2,1H3,(H,11,14,17). The molecule has 0 aliphatic heterocycles. The van der Waals surface area contributed by atoms with E-state index in [0.717, 1.165) is 5.69 Å². The van der Waals surface area contributed by atoms with Crippen LogP contribution in [0.3, 0.4) is 0 Å². The molecule has 8 nitrogen and oxygen atoms in total. The predicted octanol–water partition coefficient (Wildman–Crippen LogP) is -0.252. The SMILES string of the molecule is Cn1nnc(NC(=O)c2ccc(NN)cc2)n1. The monoisotopic (exact) mass is 233 g/mol. The van der Waals surface area contributed by atoms with E-state index in [1.54, 1.807) is 31.3 Å². The van der Waals surface area contributed by atoms with Gasteiger partial charge < -0.3 is 5.43 Å². The Labute approximate surface area is 96.8 Å². The molecule has 1 amide bonds. The molecule has 4 N–H and O–H groups in total. The number of nitrogens with two attached hydrogens (primary N) is 1. The van der Waals surface area contributed by atoms with Crippen molar-refractivity contribution in [1.29, 1.82) is 0 Å². The van der Waals surface area contributed by atoms with Crippen LogP contribution < -0.4 is 16.6 Å². The van der Waals surface area contributed by atoms with Crippen molar-refractivity contribution < 1.29 is 4.79 Å². The van der Waals surface area contributed by atoms with Crippen molar-refractivity contribution in [3.63, 3.8) is 0 Å². The minimum Gasteiger partial charge on any atom is -0.324 e. The minimum absolute atomic E-state index is 0.165. The highest BCUT2D eigenvalue weighted by molar-refractivity contribution is 6.03. The van der Waals surface area contributed by atoms with Crippen molar-refractivity contribution in [3.8, 4) is 0 Å². The summed E-state index contributed by atoms with van der Waals surface area (Å²) in [5.41, 5.74) is 3.68. The second kappa shape index (κ2) is 4.58. The Morgan fingerprint density at radius 3 is 2.59 bits per heavy atom. The van der Waals surface area contributed by atoms with Crippen LogP contribution in [0.15, 0.2) is 24.3 Å². The van der Waals surface area contributed by atoms with E-state index in [0.29, 0.717) is 5.56 Å². The van der Waals surface area contributed by atoms with Crippen molar-refractivity contribution >= 4 is 17.5 Å². The van der Waals surface area contributed by atoms with E-state index in [2.05, 4.69) is 26.2 Å². The van der Waals surface area contributed by atoms with Gasteiger partial charge in [0.1, 0.15) is 0 Å². The summed E-state index contributed by atoms with van der Waals surface area (Å²) in [6, 6.07) is 6.67. The largest absolute Gasteiger partial charge is 0.324 e. The summed E-state index contributed by atoms with van der Waals surface area (Å²) in [7, 11) is 1.62. The number of hydrogen-bond donors (Lipinski definition) is 3. The molecule has 88 valence electrons. The first-order valence-electron chi connectivity index (χ1n) is 4.81. The smallest absolute Gasteiger partial charge is 0.270 e. The molecule has 17 heavy (non-hydrogen) atoms. The topological polar surface area (TPSA) is 111 Å². The number of aromatic nitrogens is 4. The number of amides is 1. The Hall–Kier alpha value is -2.48. The maximum atomic E-state index is 11.7. The summed E-state index contributed by atoms with van der Waals surface area (Å²) in [6.07, 6.45) is 0. The van der Waals surface area contributed by atoms with E-state index in [9.17, 15) is 4.79 Å². The summed E-state index contributed by atoms with van der Waals surface area (Å²) >= 11 is 0. The lowest BCUT2D eigenvalue weighted by atomic mass is 10.2. The third kappa shape index (κ3) is 2.55. The van der Waals surface area contributed by atoms with Crippen LogP contribution in [0.5, 0.6) is 0 Å². The van der Waals surface area contributed by atoms with Gasteiger partial charge in [-0.3, -0.25) is 16.0 Å². The fraction of sp³-hybridized carbons (Fsp3) is 0.111. The van der Waals surface area contributed by atoms with Gasteiger partial charge in [0.05, 0.1) is 7.05 Å².